The molecule has 1 aromatic heterocycles. The lowest BCUT2D eigenvalue weighted by Crippen LogP contribution is -1.96. The molecule has 3 rings (SSSR count). The zero-order valence-electron chi connectivity index (χ0n) is 12.0. The van der Waals surface area contributed by atoms with Gasteiger partial charge in [0, 0.05) is 5.56 Å². The Labute approximate surface area is 133 Å². The molecular weight excluding hydrogens is 300 g/mol. The summed E-state index contributed by atoms with van der Waals surface area (Å²) in [4.78, 5) is 0. The Bertz CT molecular complexity index is 783. The molecule has 0 aliphatic rings. The predicted molar refractivity (Wildman–Crippen MR) is 87.4 cm³/mol. The van der Waals surface area contributed by atoms with E-state index in [1.54, 1.807) is 16.8 Å². The van der Waals surface area contributed by atoms with Gasteiger partial charge in [-0.25, -0.2) is 4.68 Å². The van der Waals surface area contributed by atoms with Crippen LogP contribution in [0.1, 0.15) is 6.92 Å². The van der Waals surface area contributed by atoms with Crippen LogP contribution >= 0.6 is 11.6 Å². The van der Waals surface area contributed by atoms with Crippen LogP contribution in [0.2, 0.25) is 5.02 Å². The van der Waals surface area contributed by atoms with Crippen molar-refractivity contribution in [3.63, 3.8) is 0 Å². The van der Waals surface area contributed by atoms with Crippen LogP contribution in [0.5, 0.6) is 5.75 Å². The summed E-state index contributed by atoms with van der Waals surface area (Å²) in [5.74, 6) is 0.837. The summed E-state index contributed by atoms with van der Waals surface area (Å²) in [5.41, 5.74) is 8.88. The lowest BCUT2D eigenvalue weighted by molar-refractivity contribution is 0.340. The largest absolute Gasteiger partial charge is 0.494 e. The van der Waals surface area contributed by atoms with E-state index in [9.17, 15) is 0 Å². The molecule has 2 N–H and O–H groups in total. The van der Waals surface area contributed by atoms with E-state index in [-0.39, 0.29) is 0 Å². The molecule has 0 aliphatic heterocycles. The Hall–Kier alpha value is -2.53. The normalized spacial score (nSPS) is 10.6. The molecule has 22 heavy (non-hydrogen) atoms. The van der Waals surface area contributed by atoms with Crippen LogP contribution in [0.3, 0.4) is 0 Å². The molecule has 3 aromatic rings. The van der Waals surface area contributed by atoms with Crippen molar-refractivity contribution in [3.05, 3.63) is 53.7 Å². The van der Waals surface area contributed by atoms with Gasteiger partial charge in [0.25, 0.3) is 0 Å². The molecule has 6 heteroatoms. The van der Waals surface area contributed by atoms with Crippen molar-refractivity contribution in [2.75, 3.05) is 12.3 Å². The maximum absolute atomic E-state index is 5.93. The topological polar surface area (TPSA) is 66.0 Å². The van der Waals surface area contributed by atoms with Crippen molar-refractivity contribution in [2.24, 2.45) is 0 Å². The van der Waals surface area contributed by atoms with Gasteiger partial charge in [0.15, 0.2) is 0 Å². The van der Waals surface area contributed by atoms with Crippen molar-refractivity contribution in [1.29, 1.82) is 0 Å². The highest BCUT2D eigenvalue weighted by atomic mass is 35.5. The number of ether oxygens (including phenoxy) is 1. The summed E-state index contributed by atoms with van der Waals surface area (Å²) in [5, 5.41) is 8.84. The third-order valence-electron chi connectivity index (χ3n) is 3.20. The van der Waals surface area contributed by atoms with E-state index in [1.165, 1.54) is 0 Å². The number of nitrogens with two attached hydrogens (primary N) is 1. The van der Waals surface area contributed by atoms with E-state index < -0.39 is 0 Å². The molecule has 2 aromatic carbocycles. The summed E-state index contributed by atoms with van der Waals surface area (Å²) >= 11 is 5.93. The van der Waals surface area contributed by atoms with E-state index in [0.29, 0.717) is 17.3 Å². The minimum atomic E-state index is 0.511. The number of nitrogen functional groups attached to an aromatic ring is 1. The minimum absolute atomic E-state index is 0.511. The highest BCUT2D eigenvalue weighted by molar-refractivity contribution is 6.33. The predicted octanol–water partition coefficient (Wildman–Crippen LogP) is 3.57. The maximum Gasteiger partial charge on any atom is 0.119 e. The van der Waals surface area contributed by atoms with Gasteiger partial charge in [0.1, 0.15) is 11.4 Å². The zero-order chi connectivity index (χ0) is 15.5. The van der Waals surface area contributed by atoms with Crippen molar-refractivity contribution in [2.45, 2.75) is 6.92 Å². The van der Waals surface area contributed by atoms with E-state index in [1.807, 2.05) is 43.5 Å². The number of halogens is 1. The van der Waals surface area contributed by atoms with Crippen molar-refractivity contribution >= 4 is 17.3 Å². The highest BCUT2D eigenvalue weighted by Crippen LogP contribution is 2.24. The van der Waals surface area contributed by atoms with Crippen LogP contribution < -0.4 is 10.5 Å². The monoisotopic (exact) mass is 314 g/mol. The molecule has 0 atom stereocenters. The van der Waals surface area contributed by atoms with Crippen LogP contribution in [0, 0.1) is 0 Å². The average molecular weight is 315 g/mol. The molecule has 0 amide bonds. The molecule has 0 radical (unpaired) electrons. The minimum Gasteiger partial charge on any atom is -0.494 e. The van der Waals surface area contributed by atoms with E-state index in [2.05, 4.69) is 10.3 Å². The number of benzene rings is 2. The van der Waals surface area contributed by atoms with Crippen molar-refractivity contribution in [1.82, 2.24) is 15.0 Å². The first-order valence-electron chi connectivity index (χ1n) is 6.88. The van der Waals surface area contributed by atoms with Gasteiger partial charge in [0.2, 0.25) is 0 Å². The van der Waals surface area contributed by atoms with Gasteiger partial charge >= 0.3 is 0 Å². The summed E-state index contributed by atoms with van der Waals surface area (Å²) in [6, 6.07) is 13.1. The lowest BCUT2D eigenvalue weighted by atomic mass is 10.1. The first-order valence-corrected chi connectivity index (χ1v) is 7.26. The quantitative estimate of drug-likeness (QED) is 0.748. The first-order chi connectivity index (χ1) is 10.7. The van der Waals surface area contributed by atoms with E-state index >= 15 is 0 Å². The second kappa shape index (κ2) is 6.07. The Balaban J connectivity index is 1.88. The van der Waals surface area contributed by atoms with Gasteiger partial charge in [-0.05, 0) is 49.4 Å². The second-order valence-electron chi connectivity index (χ2n) is 4.71. The molecular formula is C16H15ClN4O. The number of nitrogens with zero attached hydrogens (tertiary/aromatic N) is 3. The van der Waals surface area contributed by atoms with Crippen molar-refractivity contribution < 1.29 is 4.74 Å². The van der Waals surface area contributed by atoms with Crippen molar-refractivity contribution in [3.8, 4) is 22.7 Å². The van der Waals surface area contributed by atoms with Gasteiger partial charge in [-0.1, -0.05) is 16.8 Å². The fourth-order valence-electron chi connectivity index (χ4n) is 2.08. The summed E-state index contributed by atoms with van der Waals surface area (Å²) in [7, 11) is 0. The number of hydrogen-bond donors (Lipinski definition) is 1. The molecule has 0 unspecified atom stereocenters. The zero-order valence-corrected chi connectivity index (χ0v) is 12.8. The number of anilines is 1. The van der Waals surface area contributed by atoms with Crippen LogP contribution in [0.4, 0.5) is 5.69 Å². The Kier molecular flexibility index (Phi) is 3.98. The fourth-order valence-corrected chi connectivity index (χ4v) is 2.20. The molecule has 0 saturated carbocycles. The smallest absolute Gasteiger partial charge is 0.119 e. The third kappa shape index (κ3) is 2.89. The second-order valence-corrected chi connectivity index (χ2v) is 5.12. The summed E-state index contributed by atoms with van der Waals surface area (Å²) in [6.07, 6.45) is 1.85. The summed E-state index contributed by atoms with van der Waals surface area (Å²) < 4.78 is 7.09. The van der Waals surface area contributed by atoms with Crippen LogP contribution in [0.25, 0.3) is 16.9 Å². The third-order valence-corrected chi connectivity index (χ3v) is 3.54. The van der Waals surface area contributed by atoms with Crippen LogP contribution in [0.15, 0.2) is 48.7 Å². The Morgan fingerprint density at radius 3 is 2.64 bits per heavy atom. The van der Waals surface area contributed by atoms with Crippen LogP contribution in [-0.2, 0) is 0 Å². The maximum atomic E-state index is 5.93. The number of aromatic nitrogens is 3. The van der Waals surface area contributed by atoms with Gasteiger partial charge in [0.05, 0.1) is 29.2 Å². The van der Waals surface area contributed by atoms with Crippen LogP contribution in [-0.4, -0.2) is 21.6 Å². The van der Waals surface area contributed by atoms with E-state index in [4.69, 9.17) is 22.1 Å². The molecule has 1 heterocycles. The molecule has 0 fully saturated rings. The molecule has 0 spiro atoms. The van der Waals surface area contributed by atoms with Gasteiger partial charge in [-0.15, -0.1) is 5.10 Å². The van der Waals surface area contributed by atoms with Gasteiger partial charge < -0.3 is 10.5 Å². The van der Waals surface area contributed by atoms with E-state index in [0.717, 1.165) is 22.7 Å². The number of rotatable bonds is 4. The molecule has 112 valence electrons. The summed E-state index contributed by atoms with van der Waals surface area (Å²) in [6.45, 7) is 2.60. The van der Waals surface area contributed by atoms with Gasteiger partial charge in [-0.3, -0.25) is 0 Å². The SMILES string of the molecule is CCOc1ccc(-c2cn(-c3ccc(Cl)c(N)c3)nn2)cc1. The standard InChI is InChI=1S/C16H15ClN4O/c1-2-22-13-6-3-11(4-7-13)16-10-21(20-19-16)12-5-8-14(17)15(18)9-12/h3-10H,2,18H2,1H3. The molecule has 5 nitrogen and oxygen atoms in total. The fraction of sp³-hybridized carbons (Fsp3) is 0.125. The molecule has 0 bridgehead atoms. The Morgan fingerprint density at radius 1 is 1.18 bits per heavy atom. The number of hydrogen-bond acceptors (Lipinski definition) is 4. The highest BCUT2D eigenvalue weighted by Gasteiger charge is 2.07. The van der Waals surface area contributed by atoms with Gasteiger partial charge in [-0.2, -0.15) is 0 Å². The lowest BCUT2D eigenvalue weighted by Gasteiger charge is -2.03. The first kappa shape index (κ1) is 14.4. The molecule has 0 saturated heterocycles. The Morgan fingerprint density at radius 2 is 1.95 bits per heavy atom. The molecule has 0 aliphatic carbocycles. The average Bonchev–Trinajstić information content (AvgIpc) is 3.01.